The SMILES string of the molecule is C/C=C/c1c(CNS(=O)(=O)Cc2ccccc2)ccc(OC)c1OC(C)C. The Balaban J connectivity index is 2.27. The van der Waals surface area contributed by atoms with Crippen LogP contribution in [0.2, 0.25) is 0 Å². The lowest BCUT2D eigenvalue weighted by Crippen LogP contribution is -2.25. The smallest absolute Gasteiger partial charge is 0.216 e. The van der Waals surface area contributed by atoms with Gasteiger partial charge >= 0.3 is 0 Å². The highest BCUT2D eigenvalue weighted by atomic mass is 32.2. The number of ether oxygens (including phenoxy) is 2. The van der Waals surface area contributed by atoms with Gasteiger partial charge < -0.3 is 9.47 Å². The summed E-state index contributed by atoms with van der Waals surface area (Å²) in [7, 11) is -1.87. The second-order valence-electron chi connectivity index (χ2n) is 6.40. The number of hydrogen-bond donors (Lipinski definition) is 1. The zero-order chi connectivity index (χ0) is 19.9. The van der Waals surface area contributed by atoms with Gasteiger partial charge in [0.15, 0.2) is 11.5 Å². The van der Waals surface area contributed by atoms with Crippen LogP contribution in [0.4, 0.5) is 0 Å². The molecule has 146 valence electrons. The molecule has 27 heavy (non-hydrogen) atoms. The van der Waals surface area contributed by atoms with Crippen LogP contribution in [0.25, 0.3) is 6.08 Å². The van der Waals surface area contributed by atoms with E-state index in [0.29, 0.717) is 11.5 Å². The standard InChI is InChI=1S/C21H27NO4S/c1-5-9-19-18(12-13-20(25-4)21(19)26-16(2)3)14-22-27(23,24)15-17-10-7-6-8-11-17/h5-13,16,22H,14-15H2,1-4H3/b9-5+. The number of rotatable bonds is 9. The van der Waals surface area contributed by atoms with Crippen molar-refractivity contribution in [3.8, 4) is 11.5 Å². The Labute approximate surface area is 162 Å². The van der Waals surface area contributed by atoms with Gasteiger partial charge in [-0.3, -0.25) is 0 Å². The predicted molar refractivity (Wildman–Crippen MR) is 109 cm³/mol. The van der Waals surface area contributed by atoms with Crippen molar-refractivity contribution in [3.63, 3.8) is 0 Å². The molecule has 0 spiro atoms. The van der Waals surface area contributed by atoms with Gasteiger partial charge in [0.25, 0.3) is 0 Å². The minimum Gasteiger partial charge on any atom is -0.493 e. The molecule has 0 amide bonds. The molecule has 6 heteroatoms. The molecular weight excluding hydrogens is 362 g/mol. The summed E-state index contributed by atoms with van der Waals surface area (Å²) < 4.78 is 38.9. The van der Waals surface area contributed by atoms with Crippen LogP contribution < -0.4 is 14.2 Å². The molecule has 0 radical (unpaired) electrons. The average Bonchev–Trinajstić information content (AvgIpc) is 2.62. The van der Waals surface area contributed by atoms with Crippen LogP contribution in [0.5, 0.6) is 11.5 Å². The first kappa shape index (κ1) is 21.0. The Morgan fingerprint density at radius 1 is 1.11 bits per heavy atom. The normalized spacial score (nSPS) is 11.9. The molecule has 2 aromatic rings. The number of benzene rings is 2. The van der Waals surface area contributed by atoms with E-state index in [9.17, 15) is 8.42 Å². The van der Waals surface area contributed by atoms with E-state index in [1.807, 2.05) is 57.2 Å². The molecule has 0 aromatic heterocycles. The van der Waals surface area contributed by atoms with Gasteiger partial charge in [0, 0.05) is 12.1 Å². The van der Waals surface area contributed by atoms with Crippen LogP contribution in [0.3, 0.4) is 0 Å². The number of methoxy groups -OCH3 is 1. The highest BCUT2D eigenvalue weighted by Crippen LogP contribution is 2.35. The molecule has 2 aromatic carbocycles. The van der Waals surface area contributed by atoms with Gasteiger partial charge in [-0.15, -0.1) is 0 Å². The van der Waals surface area contributed by atoms with Gasteiger partial charge in [0.1, 0.15) is 0 Å². The lowest BCUT2D eigenvalue weighted by molar-refractivity contribution is 0.229. The topological polar surface area (TPSA) is 64.6 Å². The summed E-state index contributed by atoms with van der Waals surface area (Å²) >= 11 is 0. The van der Waals surface area contributed by atoms with E-state index >= 15 is 0 Å². The van der Waals surface area contributed by atoms with Crippen LogP contribution in [0.1, 0.15) is 37.5 Å². The quantitative estimate of drug-likeness (QED) is 0.700. The van der Waals surface area contributed by atoms with E-state index in [2.05, 4.69) is 4.72 Å². The number of hydrogen-bond acceptors (Lipinski definition) is 4. The summed E-state index contributed by atoms with van der Waals surface area (Å²) in [6.07, 6.45) is 3.76. The molecule has 2 rings (SSSR count). The monoisotopic (exact) mass is 389 g/mol. The molecule has 0 heterocycles. The van der Waals surface area contributed by atoms with E-state index in [0.717, 1.165) is 16.7 Å². The maximum atomic E-state index is 12.4. The Bertz CT molecular complexity index is 875. The lowest BCUT2D eigenvalue weighted by atomic mass is 10.0. The number of nitrogens with one attached hydrogen (secondary N) is 1. The van der Waals surface area contributed by atoms with Crippen molar-refractivity contribution in [2.24, 2.45) is 0 Å². The van der Waals surface area contributed by atoms with Crippen LogP contribution in [0, 0.1) is 0 Å². The lowest BCUT2D eigenvalue weighted by Gasteiger charge is -2.19. The highest BCUT2D eigenvalue weighted by Gasteiger charge is 2.17. The van der Waals surface area contributed by atoms with E-state index in [-0.39, 0.29) is 18.4 Å². The molecule has 0 fully saturated rings. The molecule has 0 unspecified atom stereocenters. The zero-order valence-electron chi connectivity index (χ0n) is 16.2. The van der Waals surface area contributed by atoms with Gasteiger partial charge in [0.2, 0.25) is 10.0 Å². The Kier molecular flexibility index (Phi) is 7.45. The highest BCUT2D eigenvalue weighted by molar-refractivity contribution is 7.88. The molecule has 5 nitrogen and oxygen atoms in total. The summed E-state index contributed by atoms with van der Waals surface area (Å²) in [5, 5.41) is 0. The van der Waals surface area contributed by atoms with E-state index in [4.69, 9.17) is 9.47 Å². The second-order valence-corrected chi connectivity index (χ2v) is 8.21. The first-order valence-corrected chi connectivity index (χ1v) is 10.5. The van der Waals surface area contributed by atoms with E-state index in [1.165, 1.54) is 0 Å². The third-order valence-electron chi connectivity index (χ3n) is 3.84. The molecule has 0 saturated heterocycles. The van der Waals surface area contributed by atoms with Crippen molar-refractivity contribution in [2.75, 3.05) is 7.11 Å². The van der Waals surface area contributed by atoms with E-state index in [1.54, 1.807) is 25.3 Å². The fraction of sp³-hybridized carbons (Fsp3) is 0.333. The van der Waals surface area contributed by atoms with Crippen LogP contribution in [0.15, 0.2) is 48.5 Å². The van der Waals surface area contributed by atoms with Gasteiger partial charge in [-0.25, -0.2) is 13.1 Å². The van der Waals surface area contributed by atoms with Gasteiger partial charge in [-0.1, -0.05) is 48.6 Å². The van der Waals surface area contributed by atoms with Crippen molar-refractivity contribution in [1.82, 2.24) is 4.72 Å². The molecule has 1 N–H and O–H groups in total. The summed E-state index contributed by atoms with van der Waals surface area (Å²) in [5.41, 5.74) is 2.38. The summed E-state index contributed by atoms with van der Waals surface area (Å²) in [6.45, 7) is 5.96. The van der Waals surface area contributed by atoms with Gasteiger partial charge in [-0.05, 0) is 38.0 Å². The van der Waals surface area contributed by atoms with Crippen molar-refractivity contribution in [3.05, 3.63) is 65.2 Å². The predicted octanol–water partition coefficient (Wildman–Crippen LogP) is 4.14. The van der Waals surface area contributed by atoms with Crippen LogP contribution in [-0.2, 0) is 22.3 Å². The minimum absolute atomic E-state index is 0.0343. The third kappa shape index (κ3) is 6.12. The van der Waals surface area contributed by atoms with E-state index < -0.39 is 10.0 Å². The van der Waals surface area contributed by atoms with Crippen molar-refractivity contribution in [1.29, 1.82) is 0 Å². The summed E-state index contributed by atoms with van der Waals surface area (Å²) in [5.74, 6) is 1.18. The van der Waals surface area contributed by atoms with Gasteiger partial charge in [0.05, 0.1) is 19.0 Å². The molecule has 0 bridgehead atoms. The first-order valence-electron chi connectivity index (χ1n) is 8.86. The Morgan fingerprint density at radius 3 is 2.41 bits per heavy atom. The number of allylic oxidation sites excluding steroid dienone is 1. The van der Waals surface area contributed by atoms with Crippen molar-refractivity contribution < 1.29 is 17.9 Å². The first-order chi connectivity index (χ1) is 12.9. The Morgan fingerprint density at radius 2 is 1.81 bits per heavy atom. The molecule has 0 aliphatic heterocycles. The van der Waals surface area contributed by atoms with Crippen molar-refractivity contribution >= 4 is 16.1 Å². The second kappa shape index (κ2) is 9.58. The molecule has 0 atom stereocenters. The number of sulfonamides is 1. The van der Waals surface area contributed by atoms with Crippen LogP contribution in [-0.4, -0.2) is 21.6 Å². The van der Waals surface area contributed by atoms with Crippen molar-refractivity contribution in [2.45, 2.75) is 39.2 Å². The molecule has 0 saturated carbocycles. The summed E-state index contributed by atoms with van der Waals surface area (Å²) in [6, 6.07) is 12.8. The summed E-state index contributed by atoms with van der Waals surface area (Å²) in [4.78, 5) is 0. The third-order valence-corrected chi connectivity index (χ3v) is 5.14. The largest absolute Gasteiger partial charge is 0.493 e. The maximum absolute atomic E-state index is 12.4. The fourth-order valence-corrected chi connectivity index (χ4v) is 3.78. The molecular formula is C21H27NO4S. The molecule has 0 aliphatic rings. The van der Waals surface area contributed by atoms with Crippen LogP contribution >= 0.6 is 0 Å². The molecule has 0 aliphatic carbocycles. The fourth-order valence-electron chi connectivity index (χ4n) is 2.67. The minimum atomic E-state index is -3.46. The zero-order valence-corrected chi connectivity index (χ0v) is 17.0. The Hall–Kier alpha value is -2.31. The average molecular weight is 390 g/mol. The maximum Gasteiger partial charge on any atom is 0.216 e. The van der Waals surface area contributed by atoms with Gasteiger partial charge in [-0.2, -0.15) is 0 Å².